The number of hydrogen-bond acceptors (Lipinski definition) is 5. The van der Waals surface area contributed by atoms with Gasteiger partial charge in [0.25, 0.3) is 5.91 Å². The zero-order valence-corrected chi connectivity index (χ0v) is 13.8. The van der Waals surface area contributed by atoms with E-state index < -0.39 is 6.29 Å². The fourth-order valence-corrected chi connectivity index (χ4v) is 3.07. The molecule has 122 valence electrons. The van der Waals surface area contributed by atoms with E-state index in [0.717, 1.165) is 6.42 Å². The SMILES string of the molecule is CN(C)C(=O)C1=C[C@@H](c2cccs2)C[C@@H](OCCCCO)O1. The minimum atomic E-state index is -0.422. The fraction of sp³-hybridized carbons (Fsp3) is 0.562. The van der Waals surface area contributed by atoms with Gasteiger partial charge in [-0.25, -0.2) is 0 Å². The maximum absolute atomic E-state index is 12.2. The Morgan fingerprint density at radius 1 is 1.50 bits per heavy atom. The van der Waals surface area contributed by atoms with Crippen molar-refractivity contribution in [3.8, 4) is 0 Å². The van der Waals surface area contributed by atoms with Crippen molar-refractivity contribution in [1.29, 1.82) is 0 Å². The van der Waals surface area contributed by atoms with Crippen molar-refractivity contribution in [3.63, 3.8) is 0 Å². The largest absolute Gasteiger partial charge is 0.459 e. The predicted octanol–water partition coefficient (Wildman–Crippen LogP) is 2.34. The Labute approximate surface area is 135 Å². The van der Waals surface area contributed by atoms with E-state index in [9.17, 15) is 4.79 Å². The lowest BCUT2D eigenvalue weighted by molar-refractivity contribution is -0.151. The number of likely N-dealkylation sites (N-methyl/N-ethyl adjacent to an activating group) is 1. The molecule has 0 aromatic carbocycles. The van der Waals surface area contributed by atoms with Gasteiger partial charge in [-0.3, -0.25) is 4.79 Å². The lowest BCUT2D eigenvalue weighted by Gasteiger charge is -2.29. The van der Waals surface area contributed by atoms with Gasteiger partial charge in [0, 0.05) is 37.9 Å². The molecule has 0 fully saturated rings. The zero-order chi connectivity index (χ0) is 15.9. The number of nitrogens with zero attached hydrogens (tertiary/aromatic N) is 1. The van der Waals surface area contributed by atoms with Gasteiger partial charge in [-0.1, -0.05) is 6.07 Å². The van der Waals surface area contributed by atoms with Gasteiger partial charge in [0.05, 0.1) is 6.61 Å². The Morgan fingerprint density at radius 2 is 2.32 bits per heavy atom. The van der Waals surface area contributed by atoms with Crippen molar-refractivity contribution in [2.75, 3.05) is 27.3 Å². The van der Waals surface area contributed by atoms with E-state index in [4.69, 9.17) is 14.6 Å². The molecule has 1 N–H and O–H groups in total. The molecule has 2 atom stereocenters. The van der Waals surface area contributed by atoms with E-state index in [2.05, 4.69) is 6.07 Å². The van der Waals surface area contributed by atoms with E-state index in [0.29, 0.717) is 25.2 Å². The number of amides is 1. The number of hydrogen-bond donors (Lipinski definition) is 1. The minimum Gasteiger partial charge on any atom is -0.459 e. The van der Waals surface area contributed by atoms with Gasteiger partial charge in [0.1, 0.15) is 0 Å². The first-order valence-electron chi connectivity index (χ1n) is 7.47. The van der Waals surface area contributed by atoms with Crippen LogP contribution in [-0.4, -0.2) is 49.5 Å². The van der Waals surface area contributed by atoms with Crippen molar-refractivity contribution in [3.05, 3.63) is 34.2 Å². The summed E-state index contributed by atoms with van der Waals surface area (Å²) >= 11 is 1.67. The van der Waals surface area contributed by atoms with Crippen LogP contribution in [0.2, 0.25) is 0 Å². The van der Waals surface area contributed by atoms with E-state index in [1.54, 1.807) is 25.4 Å². The van der Waals surface area contributed by atoms with Crippen LogP contribution in [0.25, 0.3) is 0 Å². The Balaban J connectivity index is 2.06. The standard InChI is InChI=1S/C16H23NO4S/c1-17(2)16(19)13-10-12(14-6-5-9-22-14)11-15(21-13)20-8-4-3-7-18/h5-6,9-10,12,15,18H,3-4,7-8,11H2,1-2H3/t12-,15+/m1/s1. The highest BCUT2D eigenvalue weighted by atomic mass is 32.1. The first kappa shape index (κ1) is 17.0. The van der Waals surface area contributed by atoms with Gasteiger partial charge < -0.3 is 19.5 Å². The zero-order valence-electron chi connectivity index (χ0n) is 13.0. The Kier molecular flexibility index (Phi) is 6.42. The third-order valence-corrected chi connectivity index (χ3v) is 4.44. The van der Waals surface area contributed by atoms with Crippen LogP contribution in [0.1, 0.15) is 30.1 Å². The van der Waals surface area contributed by atoms with Crippen molar-refractivity contribution in [2.45, 2.75) is 31.5 Å². The van der Waals surface area contributed by atoms with Crippen LogP contribution in [-0.2, 0) is 14.3 Å². The molecule has 1 aliphatic heterocycles. The van der Waals surface area contributed by atoms with E-state index >= 15 is 0 Å². The van der Waals surface area contributed by atoms with Crippen LogP contribution in [0, 0.1) is 0 Å². The number of aliphatic hydroxyl groups is 1. The number of thiophene rings is 1. The molecule has 6 heteroatoms. The second-order valence-electron chi connectivity index (χ2n) is 5.44. The van der Waals surface area contributed by atoms with Gasteiger partial charge in [-0.05, 0) is 30.4 Å². The van der Waals surface area contributed by atoms with Crippen LogP contribution >= 0.6 is 11.3 Å². The summed E-state index contributed by atoms with van der Waals surface area (Å²) in [5.74, 6) is 0.336. The number of aliphatic hydroxyl groups excluding tert-OH is 1. The second-order valence-corrected chi connectivity index (χ2v) is 6.42. The molecule has 22 heavy (non-hydrogen) atoms. The van der Waals surface area contributed by atoms with Gasteiger partial charge in [0.15, 0.2) is 5.76 Å². The highest BCUT2D eigenvalue weighted by molar-refractivity contribution is 7.10. The number of rotatable bonds is 7. The summed E-state index contributed by atoms with van der Waals surface area (Å²) in [4.78, 5) is 14.9. The van der Waals surface area contributed by atoms with E-state index in [1.165, 1.54) is 9.78 Å². The molecule has 1 aromatic rings. The molecule has 0 radical (unpaired) electrons. The lowest BCUT2D eigenvalue weighted by atomic mass is 9.99. The van der Waals surface area contributed by atoms with Crippen molar-refractivity contribution in [1.82, 2.24) is 4.90 Å². The number of carbonyl (C=O) groups is 1. The second kappa shape index (κ2) is 8.31. The maximum Gasteiger partial charge on any atom is 0.288 e. The number of ether oxygens (including phenoxy) is 2. The molecule has 1 aliphatic rings. The first-order valence-corrected chi connectivity index (χ1v) is 8.35. The van der Waals surface area contributed by atoms with Crippen molar-refractivity contribution in [2.24, 2.45) is 0 Å². The molecule has 0 aliphatic carbocycles. The first-order chi connectivity index (χ1) is 10.6. The molecule has 0 saturated heterocycles. The summed E-state index contributed by atoms with van der Waals surface area (Å²) in [7, 11) is 3.41. The van der Waals surface area contributed by atoms with Crippen LogP contribution in [0.4, 0.5) is 0 Å². The van der Waals surface area contributed by atoms with Crippen LogP contribution in [0.3, 0.4) is 0 Å². The Morgan fingerprint density at radius 3 is 2.95 bits per heavy atom. The molecule has 1 amide bonds. The van der Waals surface area contributed by atoms with Gasteiger partial charge in [-0.2, -0.15) is 0 Å². The van der Waals surface area contributed by atoms with E-state index in [-0.39, 0.29) is 18.4 Å². The number of allylic oxidation sites excluding steroid dienone is 1. The average molecular weight is 325 g/mol. The average Bonchev–Trinajstić information content (AvgIpc) is 3.05. The van der Waals surface area contributed by atoms with Crippen molar-refractivity contribution < 1.29 is 19.4 Å². The Hall–Kier alpha value is -1.37. The summed E-state index contributed by atoms with van der Waals surface area (Å²) in [5.41, 5.74) is 0. The summed E-state index contributed by atoms with van der Waals surface area (Å²) in [6.07, 6.45) is 3.65. The van der Waals surface area contributed by atoms with E-state index in [1.807, 2.05) is 17.5 Å². The van der Waals surface area contributed by atoms with Gasteiger partial charge in [-0.15, -0.1) is 11.3 Å². The molecule has 0 unspecified atom stereocenters. The smallest absolute Gasteiger partial charge is 0.288 e. The highest BCUT2D eigenvalue weighted by Crippen LogP contribution is 2.34. The quantitative estimate of drug-likeness (QED) is 0.782. The van der Waals surface area contributed by atoms with Gasteiger partial charge in [0.2, 0.25) is 6.29 Å². The van der Waals surface area contributed by atoms with Crippen LogP contribution < -0.4 is 0 Å². The summed E-state index contributed by atoms with van der Waals surface area (Å²) in [6, 6.07) is 4.07. The fourth-order valence-electron chi connectivity index (χ4n) is 2.26. The third kappa shape index (κ3) is 4.56. The van der Waals surface area contributed by atoms with Crippen LogP contribution in [0.5, 0.6) is 0 Å². The normalized spacial score (nSPS) is 21.1. The lowest BCUT2D eigenvalue weighted by Crippen LogP contribution is -2.32. The molecule has 0 spiro atoms. The summed E-state index contributed by atoms with van der Waals surface area (Å²) in [6.45, 7) is 0.683. The minimum absolute atomic E-state index is 0.135. The highest BCUT2D eigenvalue weighted by Gasteiger charge is 2.29. The van der Waals surface area contributed by atoms with Crippen molar-refractivity contribution >= 4 is 17.2 Å². The van der Waals surface area contributed by atoms with Gasteiger partial charge >= 0.3 is 0 Å². The maximum atomic E-state index is 12.2. The summed E-state index contributed by atoms with van der Waals surface area (Å²) in [5, 5.41) is 10.8. The molecular formula is C16H23NO4S. The predicted molar refractivity (Wildman–Crippen MR) is 85.6 cm³/mol. The Bertz CT molecular complexity index is 498. The number of carbonyl (C=O) groups excluding carboxylic acids is 1. The molecule has 2 heterocycles. The third-order valence-electron chi connectivity index (χ3n) is 3.44. The topological polar surface area (TPSA) is 59.0 Å². The molecule has 1 aromatic heterocycles. The molecule has 0 saturated carbocycles. The molecule has 5 nitrogen and oxygen atoms in total. The molecule has 2 rings (SSSR count). The number of unbranched alkanes of at least 4 members (excludes halogenated alkanes) is 1. The molecule has 0 bridgehead atoms. The molecular weight excluding hydrogens is 302 g/mol. The van der Waals surface area contributed by atoms with Crippen LogP contribution in [0.15, 0.2) is 29.3 Å². The monoisotopic (exact) mass is 325 g/mol. The summed E-state index contributed by atoms with van der Waals surface area (Å²) < 4.78 is 11.4.